The second-order valence-corrected chi connectivity index (χ2v) is 6.46. The van der Waals surface area contributed by atoms with E-state index in [1.165, 1.54) is 0 Å². The van der Waals surface area contributed by atoms with Crippen LogP contribution in [-0.4, -0.2) is 24.4 Å². The SMILES string of the molecule is CNCc1cc(Br)cc(C)c1OCC(C)(O)C(C)C. The van der Waals surface area contributed by atoms with E-state index < -0.39 is 5.60 Å². The van der Waals surface area contributed by atoms with Gasteiger partial charge in [0.25, 0.3) is 0 Å². The van der Waals surface area contributed by atoms with Crippen molar-refractivity contribution >= 4 is 15.9 Å². The highest BCUT2D eigenvalue weighted by Crippen LogP contribution is 2.29. The number of ether oxygens (including phenoxy) is 1. The normalized spacial score (nSPS) is 14.5. The molecule has 108 valence electrons. The minimum Gasteiger partial charge on any atom is -0.490 e. The molecule has 0 bridgehead atoms. The molecule has 1 unspecified atom stereocenters. The fourth-order valence-electron chi connectivity index (χ4n) is 1.71. The molecular formula is C15H24BrNO2. The van der Waals surface area contributed by atoms with Crippen molar-refractivity contribution < 1.29 is 9.84 Å². The van der Waals surface area contributed by atoms with Crippen molar-refractivity contribution in [1.82, 2.24) is 5.32 Å². The molecule has 1 aromatic rings. The van der Waals surface area contributed by atoms with Crippen LogP contribution in [0.1, 0.15) is 31.9 Å². The van der Waals surface area contributed by atoms with Gasteiger partial charge in [-0.05, 0) is 44.5 Å². The van der Waals surface area contributed by atoms with Crippen LogP contribution in [0, 0.1) is 12.8 Å². The van der Waals surface area contributed by atoms with Gasteiger partial charge >= 0.3 is 0 Å². The van der Waals surface area contributed by atoms with Crippen LogP contribution >= 0.6 is 15.9 Å². The molecule has 0 spiro atoms. The molecule has 0 saturated heterocycles. The molecule has 0 fully saturated rings. The lowest BCUT2D eigenvalue weighted by atomic mass is 9.93. The summed E-state index contributed by atoms with van der Waals surface area (Å²) < 4.78 is 6.93. The van der Waals surface area contributed by atoms with Crippen LogP contribution in [0.2, 0.25) is 0 Å². The molecule has 0 aliphatic heterocycles. The smallest absolute Gasteiger partial charge is 0.126 e. The largest absolute Gasteiger partial charge is 0.490 e. The van der Waals surface area contributed by atoms with Crippen molar-refractivity contribution in [3.05, 3.63) is 27.7 Å². The molecule has 3 nitrogen and oxygen atoms in total. The lowest BCUT2D eigenvalue weighted by Gasteiger charge is -2.28. The Balaban J connectivity index is 2.94. The number of hydrogen-bond donors (Lipinski definition) is 2. The standard InChI is InChI=1S/C15H24BrNO2/c1-10(2)15(4,18)9-19-14-11(3)6-13(16)7-12(14)8-17-5/h6-7,10,17-18H,8-9H2,1-5H3. The zero-order valence-corrected chi connectivity index (χ0v) is 14.0. The molecule has 0 radical (unpaired) electrons. The van der Waals surface area contributed by atoms with Gasteiger partial charge in [-0.15, -0.1) is 0 Å². The molecule has 0 amide bonds. The highest BCUT2D eigenvalue weighted by Gasteiger charge is 2.26. The van der Waals surface area contributed by atoms with Gasteiger partial charge in [-0.1, -0.05) is 29.8 Å². The second kappa shape index (κ2) is 6.73. The number of rotatable bonds is 6. The Labute approximate surface area is 124 Å². The molecule has 0 heterocycles. The fourth-order valence-corrected chi connectivity index (χ4v) is 2.33. The van der Waals surface area contributed by atoms with Crippen LogP contribution in [0.4, 0.5) is 0 Å². The van der Waals surface area contributed by atoms with Crippen molar-refractivity contribution in [1.29, 1.82) is 0 Å². The first kappa shape index (κ1) is 16.5. The van der Waals surface area contributed by atoms with Crippen molar-refractivity contribution in [2.75, 3.05) is 13.7 Å². The predicted molar refractivity (Wildman–Crippen MR) is 82.6 cm³/mol. The van der Waals surface area contributed by atoms with Crippen molar-refractivity contribution in [3.8, 4) is 5.75 Å². The van der Waals surface area contributed by atoms with Crippen molar-refractivity contribution in [3.63, 3.8) is 0 Å². The first-order valence-corrected chi connectivity index (χ1v) is 7.36. The zero-order chi connectivity index (χ0) is 14.6. The Hall–Kier alpha value is -0.580. The van der Waals surface area contributed by atoms with Crippen LogP contribution in [0.25, 0.3) is 0 Å². The minimum absolute atomic E-state index is 0.149. The molecule has 2 N–H and O–H groups in total. The fraction of sp³-hybridized carbons (Fsp3) is 0.600. The summed E-state index contributed by atoms with van der Waals surface area (Å²) >= 11 is 3.50. The third kappa shape index (κ3) is 4.48. The number of aliphatic hydroxyl groups is 1. The Morgan fingerprint density at radius 3 is 2.58 bits per heavy atom. The quantitative estimate of drug-likeness (QED) is 0.841. The van der Waals surface area contributed by atoms with Gasteiger partial charge in [0.2, 0.25) is 0 Å². The maximum Gasteiger partial charge on any atom is 0.126 e. The molecule has 1 atom stereocenters. The number of benzene rings is 1. The van der Waals surface area contributed by atoms with Gasteiger partial charge in [-0.25, -0.2) is 0 Å². The van der Waals surface area contributed by atoms with Crippen LogP contribution in [0.3, 0.4) is 0 Å². The first-order valence-electron chi connectivity index (χ1n) is 6.56. The summed E-state index contributed by atoms with van der Waals surface area (Å²) in [6.07, 6.45) is 0. The van der Waals surface area contributed by atoms with E-state index in [4.69, 9.17) is 4.74 Å². The van der Waals surface area contributed by atoms with E-state index in [1.54, 1.807) is 0 Å². The molecule has 0 aliphatic carbocycles. The molecule has 1 rings (SSSR count). The van der Waals surface area contributed by atoms with Crippen LogP contribution in [0.5, 0.6) is 5.75 Å². The average Bonchev–Trinajstić information content (AvgIpc) is 2.27. The topological polar surface area (TPSA) is 41.5 Å². The number of aryl methyl sites for hydroxylation is 1. The van der Waals surface area contributed by atoms with Crippen LogP contribution in [-0.2, 0) is 6.54 Å². The lowest BCUT2D eigenvalue weighted by molar-refractivity contribution is -0.0270. The summed E-state index contributed by atoms with van der Waals surface area (Å²) in [5.41, 5.74) is 1.34. The summed E-state index contributed by atoms with van der Waals surface area (Å²) in [4.78, 5) is 0. The summed E-state index contributed by atoms with van der Waals surface area (Å²) in [6.45, 7) is 8.84. The monoisotopic (exact) mass is 329 g/mol. The van der Waals surface area contributed by atoms with Gasteiger partial charge in [0.05, 0.1) is 5.60 Å². The van der Waals surface area contributed by atoms with Gasteiger partial charge in [0.15, 0.2) is 0 Å². The van der Waals surface area contributed by atoms with E-state index in [1.807, 2.05) is 46.9 Å². The summed E-state index contributed by atoms with van der Waals surface area (Å²) in [5, 5.41) is 13.4. The minimum atomic E-state index is -0.823. The number of hydrogen-bond acceptors (Lipinski definition) is 3. The van der Waals surface area contributed by atoms with E-state index in [0.29, 0.717) is 6.61 Å². The van der Waals surface area contributed by atoms with Gasteiger partial charge in [0, 0.05) is 16.6 Å². The van der Waals surface area contributed by atoms with E-state index in [-0.39, 0.29) is 5.92 Å². The second-order valence-electron chi connectivity index (χ2n) is 5.54. The Morgan fingerprint density at radius 1 is 1.42 bits per heavy atom. The van der Waals surface area contributed by atoms with E-state index in [0.717, 1.165) is 27.9 Å². The first-order chi connectivity index (χ1) is 8.77. The van der Waals surface area contributed by atoms with E-state index >= 15 is 0 Å². The van der Waals surface area contributed by atoms with Crippen molar-refractivity contribution in [2.24, 2.45) is 5.92 Å². The predicted octanol–water partition coefficient (Wildman–Crippen LogP) is 3.26. The third-order valence-corrected chi connectivity index (χ3v) is 3.89. The number of halogens is 1. The van der Waals surface area contributed by atoms with E-state index in [9.17, 15) is 5.11 Å². The highest BCUT2D eigenvalue weighted by atomic mass is 79.9. The van der Waals surface area contributed by atoms with Gasteiger partial charge < -0.3 is 15.2 Å². The average molecular weight is 330 g/mol. The zero-order valence-electron chi connectivity index (χ0n) is 12.4. The molecule has 0 aromatic heterocycles. The van der Waals surface area contributed by atoms with Gasteiger partial charge in [0.1, 0.15) is 12.4 Å². The molecule has 4 heteroatoms. The van der Waals surface area contributed by atoms with Gasteiger partial charge in [-0.2, -0.15) is 0 Å². The molecule has 19 heavy (non-hydrogen) atoms. The Morgan fingerprint density at radius 2 is 2.05 bits per heavy atom. The molecular weight excluding hydrogens is 306 g/mol. The molecule has 0 saturated carbocycles. The van der Waals surface area contributed by atoms with Crippen molar-refractivity contribution in [2.45, 2.75) is 39.8 Å². The van der Waals surface area contributed by atoms with Gasteiger partial charge in [-0.3, -0.25) is 0 Å². The van der Waals surface area contributed by atoms with E-state index in [2.05, 4.69) is 21.2 Å². The molecule has 0 aliphatic rings. The third-order valence-electron chi connectivity index (χ3n) is 3.44. The molecule has 1 aromatic carbocycles. The summed E-state index contributed by atoms with van der Waals surface area (Å²) in [6, 6.07) is 4.07. The maximum atomic E-state index is 10.3. The summed E-state index contributed by atoms with van der Waals surface area (Å²) in [5.74, 6) is 1.01. The lowest BCUT2D eigenvalue weighted by Crippen LogP contribution is -2.38. The Bertz CT molecular complexity index is 430. The summed E-state index contributed by atoms with van der Waals surface area (Å²) in [7, 11) is 1.91. The maximum absolute atomic E-state index is 10.3. The highest BCUT2D eigenvalue weighted by molar-refractivity contribution is 9.10. The number of nitrogens with one attached hydrogen (secondary N) is 1. The van der Waals surface area contributed by atoms with Crippen LogP contribution < -0.4 is 10.1 Å². The Kier molecular flexibility index (Phi) is 5.83. The van der Waals surface area contributed by atoms with Crippen LogP contribution in [0.15, 0.2) is 16.6 Å².